The van der Waals surface area contributed by atoms with E-state index in [0.29, 0.717) is 18.7 Å². The summed E-state index contributed by atoms with van der Waals surface area (Å²) in [4.78, 5) is 13.6. The van der Waals surface area contributed by atoms with Crippen molar-refractivity contribution in [1.29, 1.82) is 0 Å². The van der Waals surface area contributed by atoms with Gasteiger partial charge in [-0.3, -0.25) is 4.79 Å². The van der Waals surface area contributed by atoms with Crippen molar-refractivity contribution in [3.8, 4) is 11.8 Å². The molecule has 0 aliphatic rings. The summed E-state index contributed by atoms with van der Waals surface area (Å²) in [6.07, 6.45) is 0.473. The van der Waals surface area contributed by atoms with Crippen LogP contribution in [-0.4, -0.2) is 27.2 Å². The Bertz CT molecular complexity index is 596. The number of hydrogen-bond acceptors (Lipinski definition) is 6. The summed E-state index contributed by atoms with van der Waals surface area (Å²) in [5, 5.41) is 16.7. The van der Waals surface area contributed by atoms with Crippen molar-refractivity contribution in [2.24, 2.45) is 0 Å². The van der Waals surface area contributed by atoms with E-state index in [1.54, 1.807) is 5.38 Å². The molecule has 98 valence electrons. The highest BCUT2D eigenvalue weighted by Gasteiger charge is 2.08. The summed E-state index contributed by atoms with van der Waals surface area (Å²) in [7, 11) is 0. The Morgan fingerprint density at radius 1 is 1.47 bits per heavy atom. The minimum absolute atomic E-state index is 0.0724. The third-order valence-corrected chi connectivity index (χ3v) is 3.63. The molecule has 2 N–H and O–H groups in total. The molecule has 0 spiro atoms. The fourth-order valence-corrected chi connectivity index (χ4v) is 2.53. The van der Waals surface area contributed by atoms with Gasteiger partial charge in [0, 0.05) is 16.7 Å². The molecule has 0 atom stereocenters. The molecule has 0 aliphatic carbocycles. The van der Waals surface area contributed by atoms with E-state index in [4.69, 9.17) is 5.11 Å². The van der Waals surface area contributed by atoms with E-state index in [1.165, 1.54) is 11.3 Å². The molecule has 0 fully saturated rings. The van der Waals surface area contributed by atoms with Gasteiger partial charge in [-0.2, -0.15) is 0 Å². The van der Waals surface area contributed by atoms with Crippen LogP contribution in [0.5, 0.6) is 0 Å². The Labute approximate surface area is 118 Å². The predicted octanol–water partition coefficient (Wildman–Crippen LogP) is 1.26. The largest absolute Gasteiger partial charge is 0.395 e. The summed E-state index contributed by atoms with van der Waals surface area (Å²) in [6.45, 7) is 0.520. The zero-order valence-corrected chi connectivity index (χ0v) is 11.6. The number of amides is 1. The molecular weight excluding hydrogens is 282 g/mol. The number of aromatic nitrogens is 2. The van der Waals surface area contributed by atoms with Crippen LogP contribution >= 0.6 is 22.9 Å². The summed E-state index contributed by atoms with van der Waals surface area (Å²) >= 11 is 2.67. The lowest BCUT2D eigenvalue weighted by Gasteiger charge is -1.99. The molecule has 2 aromatic rings. The molecular formula is C12H11N3O2S2. The van der Waals surface area contributed by atoms with E-state index in [9.17, 15) is 4.79 Å². The van der Waals surface area contributed by atoms with E-state index < -0.39 is 0 Å². The van der Waals surface area contributed by atoms with Crippen LogP contribution in [0.25, 0.3) is 0 Å². The minimum atomic E-state index is -0.227. The van der Waals surface area contributed by atoms with Crippen LogP contribution < -0.4 is 5.32 Å². The van der Waals surface area contributed by atoms with Crippen molar-refractivity contribution in [1.82, 2.24) is 14.9 Å². The van der Waals surface area contributed by atoms with Crippen LogP contribution in [0.1, 0.15) is 26.7 Å². The molecule has 0 saturated heterocycles. The highest BCUT2D eigenvalue weighted by molar-refractivity contribution is 7.12. The zero-order chi connectivity index (χ0) is 13.5. The van der Waals surface area contributed by atoms with Gasteiger partial charge in [-0.25, -0.2) is 0 Å². The summed E-state index contributed by atoms with van der Waals surface area (Å²) in [5.74, 6) is 5.59. The molecule has 0 radical (unpaired) electrons. The summed E-state index contributed by atoms with van der Waals surface area (Å²) < 4.78 is 3.64. The van der Waals surface area contributed by atoms with Crippen molar-refractivity contribution in [2.45, 2.75) is 13.0 Å². The second-order valence-corrected chi connectivity index (χ2v) is 5.29. The molecule has 0 aromatic carbocycles. The fourth-order valence-electron chi connectivity index (χ4n) is 1.27. The number of thiophene rings is 1. The maximum absolute atomic E-state index is 11.6. The number of nitrogens with one attached hydrogen (secondary N) is 1. The Morgan fingerprint density at radius 3 is 3.11 bits per heavy atom. The first-order valence-electron chi connectivity index (χ1n) is 5.53. The Hall–Kier alpha value is -1.75. The lowest BCUT2D eigenvalue weighted by atomic mass is 10.4. The normalized spacial score (nSPS) is 9.74. The second-order valence-electron chi connectivity index (χ2n) is 3.51. The van der Waals surface area contributed by atoms with Crippen molar-refractivity contribution >= 4 is 28.8 Å². The molecule has 2 rings (SSSR count). The van der Waals surface area contributed by atoms with Gasteiger partial charge >= 0.3 is 0 Å². The summed E-state index contributed by atoms with van der Waals surface area (Å²) in [5.41, 5.74) is 0.338. The number of rotatable bonds is 4. The first-order chi connectivity index (χ1) is 9.29. The van der Waals surface area contributed by atoms with Gasteiger partial charge in [0.25, 0.3) is 5.91 Å². The van der Waals surface area contributed by atoms with Gasteiger partial charge in [0.1, 0.15) is 0 Å². The molecule has 19 heavy (non-hydrogen) atoms. The minimum Gasteiger partial charge on any atom is -0.395 e. The van der Waals surface area contributed by atoms with Crippen LogP contribution in [0.3, 0.4) is 0 Å². The second kappa shape index (κ2) is 6.99. The average Bonchev–Trinajstić information content (AvgIpc) is 3.08. The van der Waals surface area contributed by atoms with E-state index in [1.807, 2.05) is 12.1 Å². The highest BCUT2D eigenvalue weighted by Crippen LogP contribution is 2.15. The van der Waals surface area contributed by atoms with Crippen molar-refractivity contribution in [2.75, 3.05) is 6.61 Å². The topological polar surface area (TPSA) is 75.1 Å². The van der Waals surface area contributed by atoms with Crippen LogP contribution in [0.15, 0.2) is 17.5 Å². The van der Waals surface area contributed by atoms with Gasteiger partial charge < -0.3 is 10.4 Å². The molecule has 0 aliphatic heterocycles. The molecule has 2 aromatic heterocycles. The number of hydrogen-bond donors (Lipinski definition) is 2. The standard InChI is InChI=1S/C12H11N3O2S2/c16-6-2-1-3-9-4-5-10(19-9)7-13-12(17)11-8-18-15-14-11/h4-5,8,16H,2,6-7H2,(H,13,17). The molecule has 7 heteroatoms. The zero-order valence-electron chi connectivity index (χ0n) is 9.92. The van der Waals surface area contributed by atoms with E-state index in [0.717, 1.165) is 21.3 Å². The third-order valence-electron chi connectivity index (χ3n) is 2.13. The van der Waals surface area contributed by atoms with Gasteiger partial charge in [0.2, 0.25) is 0 Å². The first-order valence-corrected chi connectivity index (χ1v) is 7.18. The van der Waals surface area contributed by atoms with Crippen LogP contribution in [0.4, 0.5) is 0 Å². The number of aliphatic hydroxyl groups excluding tert-OH is 1. The van der Waals surface area contributed by atoms with Crippen molar-refractivity contribution in [3.05, 3.63) is 33.0 Å². The third kappa shape index (κ3) is 4.13. The number of nitrogens with zero attached hydrogens (tertiary/aromatic N) is 2. The Kier molecular flexibility index (Phi) is 5.03. The van der Waals surface area contributed by atoms with E-state index in [2.05, 4.69) is 26.7 Å². The van der Waals surface area contributed by atoms with E-state index in [-0.39, 0.29) is 12.5 Å². The molecule has 0 bridgehead atoms. The quantitative estimate of drug-likeness (QED) is 0.832. The summed E-state index contributed by atoms with van der Waals surface area (Å²) in [6, 6.07) is 3.83. The van der Waals surface area contributed by atoms with Crippen LogP contribution in [0, 0.1) is 11.8 Å². The first kappa shape index (κ1) is 13.7. The molecule has 2 heterocycles. The van der Waals surface area contributed by atoms with Gasteiger partial charge in [-0.05, 0) is 23.7 Å². The number of carbonyl (C=O) groups excluding carboxylic acids is 1. The van der Waals surface area contributed by atoms with Gasteiger partial charge in [0.15, 0.2) is 5.69 Å². The van der Waals surface area contributed by atoms with Crippen LogP contribution in [-0.2, 0) is 6.54 Å². The van der Waals surface area contributed by atoms with Gasteiger partial charge in [-0.15, -0.1) is 16.4 Å². The lowest BCUT2D eigenvalue weighted by Crippen LogP contribution is -2.22. The maximum atomic E-state index is 11.6. The monoisotopic (exact) mass is 293 g/mol. The maximum Gasteiger partial charge on any atom is 0.273 e. The van der Waals surface area contributed by atoms with Crippen LogP contribution in [0.2, 0.25) is 0 Å². The lowest BCUT2D eigenvalue weighted by molar-refractivity contribution is 0.0946. The van der Waals surface area contributed by atoms with Gasteiger partial charge in [-0.1, -0.05) is 16.3 Å². The Morgan fingerprint density at radius 2 is 2.37 bits per heavy atom. The Balaban J connectivity index is 1.87. The van der Waals surface area contributed by atoms with Crippen molar-refractivity contribution in [3.63, 3.8) is 0 Å². The number of aliphatic hydroxyl groups is 1. The molecule has 0 unspecified atom stereocenters. The van der Waals surface area contributed by atoms with E-state index >= 15 is 0 Å². The fraction of sp³-hybridized carbons (Fsp3) is 0.250. The average molecular weight is 293 g/mol. The molecule has 1 amide bonds. The molecule has 5 nitrogen and oxygen atoms in total. The van der Waals surface area contributed by atoms with Gasteiger partial charge in [0.05, 0.1) is 18.0 Å². The number of carbonyl (C=O) groups is 1. The highest BCUT2D eigenvalue weighted by atomic mass is 32.1. The molecule has 0 saturated carbocycles. The van der Waals surface area contributed by atoms with Crippen molar-refractivity contribution < 1.29 is 9.90 Å². The SMILES string of the molecule is O=C(NCc1ccc(C#CCCO)s1)c1csnn1. The predicted molar refractivity (Wildman–Crippen MR) is 74.0 cm³/mol. The smallest absolute Gasteiger partial charge is 0.273 e.